The van der Waals surface area contributed by atoms with Crippen LogP contribution < -0.4 is 11.0 Å². The first-order valence-electron chi connectivity index (χ1n) is 8.98. The Morgan fingerprint density at radius 3 is 2.72 bits per heavy atom. The van der Waals surface area contributed by atoms with Gasteiger partial charge in [-0.3, -0.25) is 4.98 Å². The highest BCUT2D eigenvalue weighted by Crippen LogP contribution is 2.27. The molecule has 0 aliphatic rings. The molecule has 7 heteroatoms. The summed E-state index contributed by atoms with van der Waals surface area (Å²) in [7, 11) is 0. The summed E-state index contributed by atoms with van der Waals surface area (Å²) in [5.74, 6) is 0.331. The molecule has 0 fully saturated rings. The Balaban J connectivity index is 1.56. The molecule has 2 N–H and O–H groups in total. The van der Waals surface area contributed by atoms with Crippen molar-refractivity contribution in [2.45, 2.75) is 0 Å². The minimum atomic E-state index is -0.798. The van der Waals surface area contributed by atoms with Gasteiger partial charge in [-0.25, -0.2) is 9.78 Å². The van der Waals surface area contributed by atoms with Crippen LogP contribution in [0.1, 0.15) is 0 Å². The molecule has 7 nitrogen and oxygen atoms in total. The second kappa shape index (κ2) is 6.72. The Kier molecular flexibility index (Phi) is 3.91. The average Bonchev–Trinajstić information content (AvgIpc) is 2.77. The smallest absolute Gasteiger partial charge is 0.384 e. The molecule has 0 aliphatic carbocycles. The van der Waals surface area contributed by atoms with E-state index in [1.807, 2.05) is 54.7 Å². The summed E-state index contributed by atoms with van der Waals surface area (Å²) >= 11 is 0. The summed E-state index contributed by atoms with van der Waals surface area (Å²) in [5, 5.41) is 14.6. The number of hydrogen-bond acceptors (Lipinski definition) is 6. The minimum absolute atomic E-state index is 0.143. The van der Waals surface area contributed by atoms with Gasteiger partial charge < -0.3 is 10.5 Å². The molecule has 0 saturated heterocycles. The normalized spacial score (nSPS) is 11.0. The topological polar surface area (TPSA) is 92.9 Å². The highest BCUT2D eigenvalue weighted by molar-refractivity contribution is 5.89. The van der Waals surface area contributed by atoms with Gasteiger partial charge in [0.1, 0.15) is 5.82 Å². The number of fused-ring (bicyclic) bond motifs is 2. The molecule has 0 radical (unpaired) electrons. The quantitative estimate of drug-likeness (QED) is 0.459. The molecule has 0 atom stereocenters. The van der Waals surface area contributed by atoms with Crippen LogP contribution in [0.4, 0.5) is 11.5 Å². The van der Waals surface area contributed by atoms with E-state index < -0.39 is 5.69 Å². The van der Waals surface area contributed by atoms with Crippen molar-refractivity contribution in [2.24, 2.45) is 0 Å². The molecule has 3 heterocycles. The summed E-state index contributed by atoms with van der Waals surface area (Å²) in [6.07, 6.45) is 3.34. The van der Waals surface area contributed by atoms with Gasteiger partial charge in [0, 0.05) is 29.0 Å². The second-order valence-corrected chi connectivity index (χ2v) is 6.55. The first kappa shape index (κ1) is 16.9. The number of nitrogens with one attached hydrogen (secondary N) is 1. The van der Waals surface area contributed by atoms with Gasteiger partial charge in [0.15, 0.2) is 5.65 Å². The third kappa shape index (κ3) is 3.04. The van der Waals surface area contributed by atoms with Crippen molar-refractivity contribution in [3.63, 3.8) is 0 Å². The molecule has 5 aromatic rings. The number of para-hydroxylation sites is 1. The fourth-order valence-electron chi connectivity index (χ4n) is 3.28. The van der Waals surface area contributed by atoms with Gasteiger partial charge in [0.25, 0.3) is 0 Å². The van der Waals surface area contributed by atoms with E-state index in [-0.39, 0.29) is 5.65 Å². The predicted molar refractivity (Wildman–Crippen MR) is 111 cm³/mol. The Morgan fingerprint density at radius 1 is 0.897 bits per heavy atom. The fraction of sp³-hybridized carbons (Fsp3) is 0. The van der Waals surface area contributed by atoms with Gasteiger partial charge in [-0.1, -0.05) is 30.3 Å². The molecule has 5 rings (SSSR count). The van der Waals surface area contributed by atoms with E-state index in [0.717, 1.165) is 27.7 Å². The van der Waals surface area contributed by atoms with E-state index in [0.29, 0.717) is 15.9 Å². The number of nitrogens with zero attached hydrogens (tertiary/aromatic N) is 4. The van der Waals surface area contributed by atoms with Crippen molar-refractivity contribution in [1.82, 2.24) is 19.7 Å². The SMILES string of the molecule is O=c1nc(Nc2cccc(-c3cnc4ccccc4c3)c2)c2cccnc2n1O. The van der Waals surface area contributed by atoms with E-state index in [1.165, 1.54) is 6.20 Å². The number of anilines is 2. The highest BCUT2D eigenvalue weighted by Gasteiger charge is 2.11. The third-order valence-electron chi connectivity index (χ3n) is 4.68. The summed E-state index contributed by atoms with van der Waals surface area (Å²) < 4.78 is 0.442. The number of rotatable bonds is 3. The number of aromatic nitrogens is 4. The van der Waals surface area contributed by atoms with Crippen molar-refractivity contribution in [3.05, 3.63) is 89.6 Å². The first-order valence-corrected chi connectivity index (χ1v) is 8.98. The van der Waals surface area contributed by atoms with Crippen LogP contribution in [-0.2, 0) is 0 Å². The van der Waals surface area contributed by atoms with Crippen LogP contribution in [0, 0.1) is 0 Å². The zero-order valence-corrected chi connectivity index (χ0v) is 15.1. The molecule has 0 amide bonds. The summed E-state index contributed by atoms with van der Waals surface area (Å²) in [5.41, 5.74) is 3.00. The third-order valence-corrected chi connectivity index (χ3v) is 4.68. The van der Waals surface area contributed by atoms with Crippen molar-refractivity contribution in [2.75, 3.05) is 5.32 Å². The highest BCUT2D eigenvalue weighted by atomic mass is 16.5. The van der Waals surface area contributed by atoms with Crippen LogP contribution in [0.5, 0.6) is 0 Å². The van der Waals surface area contributed by atoms with E-state index >= 15 is 0 Å². The molecular weight excluding hydrogens is 366 g/mol. The Bertz CT molecular complexity index is 1430. The maximum absolute atomic E-state index is 12.0. The van der Waals surface area contributed by atoms with Crippen LogP contribution in [0.25, 0.3) is 33.1 Å². The maximum atomic E-state index is 12.0. The zero-order chi connectivity index (χ0) is 19.8. The van der Waals surface area contributed by atoms with Gasteiger partial charge in [-0.05, 0) is 42.0 Å². The molecule has 0 saturated carbocycles. The molecule has 29 heavy (non-hydrogen) atoms. The maximum Gasteiger partial charge on any atom is 0.384 e. The number of pyridine rings is 2. The largest absolute Gasteiger partial charge is 0.422 e. The predicted octanol–water partition coefficient (Wildman–Crippen LogP) is 3.99. The first-order chi connectivity index (χ1) is 14.2. The minimum Gasteiger partial charge on any atom is -0.422 e. The lowest BCUT2D eigenvalue weighted by molar-refractivity contribution is 0.182. The molecule has 0 aliphatic heterocycles. The van der Waals surface area contributed by atoms with Crippen LogP contribution >= 0.6 is 0 Å². The summed E-state index contributed by atoms with van der Waals surface area (Å²) in [6.45, 7) is 0. The molecule has 0 bridgehead atoms. The van der Waals surface area contributed by atoms with Gasteiger partial charge in [0.05, 0.1) is 10.9 Å². The van der Waals surface area contributed by atoms with Crippen molar-refractivity contribution >= 4 is 33.4 Å². The lowest BCUT2D eigenvalue weighted by Gasteiger charge is -2.11. The van der Waals surface area contributed by atoms with E-state index in [1.54, 1.807) is 12.1 Å². The van der Waals surface area contributed by atoms with Gasteiger partial charge in [-0.15, -0.1) is 4.73 Å². The van der Waals surface area contributed by atoms with Crippen LogP contribution in [0.3, 0.4) is 0 Å². The van der Waals surface area contributed by atoms with Crippen LogP contribution in [0.2, 0.25) is 0 Å². The summed E-state index contributed by atoms with van der Waals surface area (Å²) in [4.78, 5) is 24.5. The van der Waals surface area contributed by atoms with Gasteiger partial charge in [-0.2, -0.15) is 4.98 Å². The molecule has 0 spiro atoms. The van der Waals surface area contributed by atoms with Crippen molar-refractivity contribution in [3.8, 4) is 11.1 Å². The summed E-state index contributed by atoms with van der Waals surface area (Å²) in [6, 6.07) is 21.3. The van der Waals surface area contributed by atoms with Crippen molar-refractivity contribution < 1.29 is 5.21 Å². The molecule has 2 aromatic carbocycles. The van der Waals surface area contributed by atoms with Gasteiger partial charge >= 0.3 is 5.69 Å². The second-order valence-electron chi connectivity index (χ2n) is 6.55. The standard InChI is InChI=1S/C22H15N5O2/c28-22-26-20(18-8-4-10-23-21(18)27(22)29)25-17-7-3-6-14(12-17)16-11-15-5-1-2-9-19(15)24-13-16/h1-13,29H,(H,25,26,28). The van der Waals surface area contributed by atoms with Crippen molar-refractivity contribution in [1.29, 1.82) is 0 Å². The molecular formula is C22H15N5O2. The van der Waals surface area contributed by atoms with E-state index in [2.05, 4.69) is 26.3 Å². The lowest BCUT2D eigenvalue weighted by Crippen LogP contribution is -2.23. The average molecular weight is 381 g/mol. The molecule has 0 unspecified atom stereocenters. The fourth-order valence-corrected chi connectivity index (χ4v) is 3.28. The Hall–Kier alpha value is -4.26. The Labute approximate surface area is 164 Å². The Morgan fingerprint density at radius 2 is 1.79 bits per heavy atom. The van der Waals surface area contributed by atoms with Crippen LogP contribution in [0.15, 0.2) is 83.9 Å². The van der Waals surface area contributed by atoms with Gasteiger partial charge in [0.2, 0.25) is 0 Å². The molecule has 3 aromatic heterocycles. The number of benzene rings is 2. The molecule has 140 valence electrons. The zero-order valence-electron chi connectivity index (χ0n) is 15.1. The number of hydrogen-bond donors (Lipinski definition) is 2. The van der Waals surface area contributed by atoms with Crippen LogP contribution in [-0.4, -0.2) is 24.9 Å². The lowest BCUT2D eigenvalue weighted by atomic mass is 10.0. The monoisotopic (exact) mass is 381 g/mol. The van der Waals surface area contributed by atoms with E-state index in [9.17, 15) is 10.0 Å². The van der Waals surface area contributed by atoms with E-state index in [4.69, 9.17) is 0 Å².